The minimum Gasteiger partial charge on any atom is -0.278 e. The van der Waals surface area contributed by atoms with Gasteiger partial charge in [-0.1, -0.05) is 112 Å². The van der Waals surface area contributed by atoms with E-state index in [1.54, 1.807) is 0 Å². The van der Waals surface area contributed by atoms with Crippen molar-refractivity contribution in [3.8, 4) is 17.1 Å². The largest absolute Gasteiger partial charge is 0.278 e. The maximum atomic E-state index is 4.69. The van der Waals surface area contributed by atoms with Crippen molar-refractivity contribution in [2.75, 3.05) is 0 Å². The molecule has 0 N–H and O–H groups in total. The predicted octanol–water partition coefficient (Wildman–Crippen LogP) is 7.36. The summed E-state index contributed by atoms with van der Waals surface area (Å²) in [5.74, 6) is 2.02. The van der Waals surface area contributed by atoms with E-state index < -0.39 is 0 Å². The molecule has 4 aromatic rings. The van der Waals surface area contributed by atoms with Gasteiger partial charge >= 0.3 is 0 Å². The lowest BCUT2D eigenvalue weighted by Gasteiger charge is -2.20. The topological polar surface area (TPSA) is 30.7 Å². The maximum absolute atomic E-state index is 4.69. The lowest BCUT2D eigenvalue weighted by atomic mass is 9.86. The Morgan fingerprint density at radius 3 is 2.03 bits per heavy atom. The first-order valence-electron chi connectivity index (χ1n) is 11.6. The normalized spacial score (nSPS) is 16.0. The van der Waals surface area contributed by atoms with Gasteiger partial charge in [-0.05, 0) is 40.7 Å². The van der Waals surface area contributed by atoms with Gasteiger partial charge in [0.25, 0.3) is 0 Å². The molecule has 0 saturated heterocycles. The molecule has 5 rings (SSSR count). The van der Waals surface area contributed by atoms with E-state index in [9.17, 15) is 0 Å². The fraction of sp³-hybridized carbons (Fsp3) is 0.200. The Hall–Kier alpha value is -3.72. The van der Waals surface area contributed by atoms with Crippen molar-refractivity contribution in [2.45, 2.75) is 38.5 Å². The van der Waals surface area contributed by atoms with Gasteiger partial charge in [0, 0.05) is 17.2 Å². The molecular formula is C30H29N3. The molecule has 1 aliphatic rings. The Balaban J connectivity index is 1.53. The Kier molecular flexibility index (Phi) is 5.55. The van der Waals surface area contributed by atoms with Gasteiger partial charge in [-0.2, -0.15) is 0 Å². The molecule has 33 heavy (non-hydrogen) atoms. The van der Waals surface area contributed by atoms with Crippen molar-refractivity contribution in [2.24, 2.45) is 0 Å². The lowest BCUT2D eigenvalue weighted by Crippen LogP contribution is -2.11. The second kappa shape index (κ2) is 8.67. The lowest BCUT2D eigenvalue weighted by molar-refractivity contribution is 0.590. The van der Waals surface area contributed by atoms with Crippen LogP contribution in [0.1, 0.15) is 50.1 Å². The average molecular weight is 432 g/mol. The van der Waals surface area contributed by atoms with E-state index in [2.05, 4.69) is 128 Å². The molecule has 0 spiro atoms. The molecule has 1 unspecified atom stereocenters. The number of allylic oxidation sites excluding steroid dienone is 4. The van der Waals surface area contributed by atoms with Crippen LogP contribution in [-0.2, 0) is 5.41 Å². The van der Waals surface area contributed by atoms with E-state index in [0.29, 0.717) is 0 Å². The minimum absolute atomic E-state index is 0.118. The summed E-state index contributed by atoms with van der Waals surface area (Å²) >= 11 is 0. The first kappa shape index (κ1) is 21.1. The van der Waals surface area contributed by atoms with Crippen LogP contribution < -0.4 is 0 Å². The standard InChI is InChI=1S/C30H29N3/c1-30(2,3)26-20-18-25(19-21-26)29-32-31-28(33(29)27-12-8-5-9-13-27)24-16-14-23(15-17-24)22-10-6-4-7-11-22/h4-16,18-21,24H,17H2,1-3H3. The van der Waals surface area contributed by atoms with Crippen molar-refractivity contribution in [1.82, 2.24) is 14.8 Å². The quantitative estimate of drug-likeness (QED) is 0.338. The highest BCUT2D eigenvalue weighted by atomic mass is 15.3. The summed E-state index contributed by atoms with van der Waals surface area (Å²) in [5.41, 5.74) is 6.09. The van der Waals surface area contributed by atoms with Crippen LogP contribution >= 0.6 is 0 Å². The molecule has 0 fully saturated rings. The van der Waals surface area contributed by atoms with E-state index in [0.717, 1.165) is 29.3 Å². The van der Waals surface area contributed by atoms with Crippen LogP contribution in [0.4, 0.5) is 0 Å². The summed E-state index contributed by atoms with van der Waals surface area (Å²) < 4.78 is 2.21. The van der Waals surface area contributed by atoms with Crippen molar-refractivity contribution >= 4 is 5.57 Å². The molecule has 164 valence electrons. The second-order valence-corrected chi connectivity index (χ2v) is 9.61. The highest BCUT2D eigenvalue weighted by Gasteiger charge is 2.23. The van der Waals surface area contributed by atoms with Gasteiger partial charge < -0.3 is 0 Å². The Labute approximate surface area is 196 Å². The molecule has 1 heterocycles. The third kappa shape index (κ3) is 4.31. The Morgan fingerprint density at radius 2 is 1.42 bits per heavy atom. The molecule has 0 radical (unpaired) electrons. The van der Waals surface area contributed by atoms with Crippen LogP contribution in [-0.4, -0.2) is 14.8 Å². The number of nitrogens with zero attached hydrogens (tertiary/aromatic N) is 3. The predicted molar refractivity (Wildman–Crippen MR) is 136 cm³/mol. The summed E-state index contributed by atoms with van der Waals surface area (Å²) in [6.45, 7) is 6.71. The van der Waals surface area contributed by atoms with Gasteiger partial charge in [-0.15, -0.1) is 10.2 Å². The first-order chi connectivity index (χ1) is 16.0. The third-order valence-corrected chi connectivity index (χ3v) is 6.25. The van der Waals surface area contributed by atoms with Gasteiger partial charge in [0.05, 0.1) is 0 Å². The molecule has 1 atom stereocenters. The summed E-state index contributed by atoms with van der Waals surface area (Å²) in [5, 5.41) is 9.36. The van der Waals surface area contributed by atoms with Crippen molar-refractivity contribution in [3.63, 3.8) is 0 Å². The van der Waals surface area contributed by atoms with E-state index in [1.807, 2.05) is 6.07 Å². The van der Waals surface area contributed by atoms with E-state index in [1.165, 1.54) is 16.7 Å². The maximum Gasteiger partial charge on any atom is 0.168 e. The molecule has 3 heteroatoms. The molecule has 3 aromatic carbocycles. The molecule has 0 aliphatic heterocycles. The SMILES string of the molecule is CC(C)(C)c1ccc(-c2nnc(C3C=CC(c4ccccc4)=CC3)n2-c2ccccc2)cc1. The van der Waals surface area contributed by atoms with Gasteiger partial charge in [0.1, 0.15) is 5.82 Å². The van der Waals surface area contributed by atoms with Crippen LogP contribution in [0.15, 0.2) is 103 Å². The Bertz CT molecular complexity index is 1290. The minimum atomic E-state index is 0.118. The third-order valence-electron chi connectivity index (χ3n) is 6.25. The van der Waals surface area contributed by atoms with Crippen LogP contribution in [0.2, 0.25) is 0 Å². The fourth-order valence-electron chi connectivity index (χ4n) is 4.33. The summed E-state index contributed by atoms with van der Waals surface area (Å²) in [7, 11) is 0. The zero-order valence-electron chi connectivity index (χ0n) is 19.4. The van der Waals surface area contributed by atoms with E-state index in [4.69, 9.17) is 5.10 Å². The number of hydrogen-bond donors (Lipinski definition) is 0. The molecule has 0 amide bonds. The summed E-state index contributed by atoms with van der Waals surface area (Å²) in [6, 6.07) is 29.7. The Morgan fingerprint density at radius 1 is 0.758 bits per heavy atom. The monoisotopic (exact) mass is 431 g/mol. The van der Waals surface area contributed by atoms with Crippen molar-refractivity contribution < 1.29 is 0 Å². The molecule has 1 aromatic heterocycles. The van der Waals surface area contributed by atoms with Crippen molar-refractivity contribution in [1.29, 1.82) is 0 Å². The van der Waals surface area contributed by atoms with Crippen LogP contribution in [0.3, 0.4) is 0 Å². The van der Waals surface area contributed by atoms with Gasteiger partial charge in [-0.25, -0.2) is 0 Å². The van der Waals surface area contributed by atoms with Gasteiger partial charge in [0.2, 0.25) is 0 Å². The highest BCUT2D eigenvalue weighted by molar-refractivity contribution is 5.75. The number of hydrogen-bond acceptors (Lipinski definition) is 2. The molecule has 0 bridgehead atoms. The fourth-order valence-corrected chi connectivity index (χ4v) is 4.33. The molecule has 1 aliphatic carbocycles. The number of rotatable bonds is 4. The zero-order chi connectivity index (χ0) is 22.8. The number of benzene rings is 3. The molecular weight excluding hydrogens is 402 g/mol. The zero-order valence-corrected chi connectivity index (χ0v) is 19.4. The number of aromatic nitrogens is 3. The molecule has 3 nitrogen and oxygen atoms in total. The van der Waals surface area contributed by atoms with E-state index in [-0.39, 0.29) is 11.3 Å². The van der Waals surface area contributed by atoms with Crippen molar-refractivity contribution in [3.05, 3.63) is 120 Å². The second-order valence-electron chi connectivity index (χ2n) is 9.61. The van der Waals surface area contributed by atoms with E-state index >= 15 is 0 Å². The average Bonchev–Trinajstić information content (AvgIpc) is 3.30. The number of para-hydroxylation sites is 1. The van der Waals surface area contributed by atoms with Crippen LogP contribution in [0.25, 0.3) is 22.6 Å². The smallest absolute Gasteiger partial charge is 0.168 e. The van der Waals surface area contributed by atoms with Gasteiger partial charge in [-0.3, -0.25) is 4.57 Å². The molecule has 0 saturated carbocycles. The highest BCUT2D eigenvalue weighted by Crippen LogP contribution is 2.34. The summed E-state index contributed by atoms with van der Waals surface area (Å²) in [6.07, 6.45) is 7.68. The van der Waals surface area contributed by atoms with Gasteiger partial charge in [0.15, 0.2) is 5.82 Å². The summed E-state index contributed by atoms with van der Waals surface area (Å²) in [4.78, 5) is 0. The van der Waals surface area contributed by atoms with Crippen LogP contribution in [0, 0.1) is 0 Å². The van der Waals surface area contributed by atoms with Crippen LogP contribution in [0.5, 0.6) is 0 Å². The first-order valence-corrected chi connectivity index (χ1v) is 11.6.